The summed E-state index contributed by atoms with van der Waals surface area (Å²) in [6.45, 7) is 2.36. The van der Waals surface area contributed by atoms with Gasteiger partial charge in [-0.25, -0.2) is 4.39 Å². The Labute approximate surface area is 188 Å². The van der Waals surface area contributed by atoms with Gasteiger partial charge in [0.1, 0.15) is 5.82 Å². The fourth-order valence-electron chi connectivity index (χ4n) is 3.72. The molecule has 0 aromatic heterocycles. The normalized spacial score (nSPS) is 13.9. The minimum Gasteiger partial charge on any atom is -0.349 e. The summed E-state index contributed by atoms with van der Waals surface area (Å²) < 4.78 is 13.3. The fourth-order valence-corrected chi connectivity index (χ4v) is 3.72. The molecule has 4 nitrogen and oxygen atoms in total. The van der Waals surface area contributed by atoms with E-state index in [4.69, 9.17) is 0 Å². The first-order valence-electron chi connectivity index (χ1n) is 11.0. The molecular formula is C27H27FN2O2. The minimum absolute atomic E-state index is 0.0497. The topological polar surface area (TPSA) is 49.4 Å². The summed E-state index contributed by atoms with van der Waals surface area (Å²) in [7, 11) is 0. The maximum atomic E-state index is 13.3. The van der Waals surface area contributed by atoms with Crippen molar-refractivity contribution in [2.75, 3.05) is 4.90 Å². The predicted molar refractivity (Wildman–Crippen MR) is 123 cm³/mol. The molecule has 4 rings (SSSR count). The van der Waals surface area contributed by atoms with E-state index in [1.165, 1.54) is 12.1 Å². The first kappa shape index (κ1) is 21.8. The Morgan fingerprint density at radius 2 is 1.56 bits per heavy atom. The van der Waals surface area contributed by atoms with Crippen LogP contribution < -0.4 is 10.2 Å². The molecule has 1 atom stereocenters. The van der Waals surface area contributed by atoms with E-state index in [2.05, 4.69) is 5.32 Å². The summed E-state index contributed by atoms with van der Waals surface area (Å²) in [4.78, 5) is 27.1. The van der Waals surface area contributed by atoms with Gasteiger partial charge in [-0.1, -0.05) is 54.6 Å². The van der Waals surface area contributed by atoms with Gasteiger partial charge in [-0.2, -0.15) is 0 Å². The van der Waals surface area contributed by atoms with E-state index in [0.29, 0.717) is 6.54 Å². The van der Waals surface area contributed by atoms with Crippen LogP contribution in [0, 0.1) is 11.7 Å². The Morgan fingerprint density at radius 3 is 2.19 bits per heavy atom. The van der Waals surface area contributed by atoms with Crippen LogP contribution in [0.1, 0.15) is 42.5 Å². The van der Waals surface area contributed by atoms with Gasteiger partial charge in [-0.3, -0.25) is 9.59 Å². The van der Waals surface area contributed by atoms with Crippen molar-refractivity contribution >= 4 is 17.5 Å². The monoisotopic (exact) mass is 430 g/mol. The van der Waals surface area contributed by atoms with Gasteiger partial charge in [0.15, 0.2) is 0 Å². The average Bonchev–Trinajstić information content (AvgIpc) is 3.65. The molecule has 1 N–H and O–H groups in total. The number of hydrogen-bond donors (Lipinski definition) is 1. The van der Waals surface area contributed by atoms with E-state index in [9.17, 15) is 14.0 Å². The van der Waals surface area contributed by atoms with Gasteiger partial charge in [-0.15, -0.1) is 0 Å². The highest BCUT2D eigenvalue weighted by Crippen LogP contribution is 2.33. The Hall–Kier alpha value is -3.47. The number of nitrogens with one attached hydrogen (secondary N) is 1. The lowest BCUT2D eigenvalue weighted by molar-refractivity contribution is -0.121. The van der Waals surface area contributed by atoms with Crippen LogP contribution in [0.15, 0.2) is 78.9 Å². The zero-order valence-electron chi connectivity index (χ0n) is 18.1. The van der Waals surface area contributed by atoms with Gasteiger partial charge in [0, 0.05) is 11.6 Å². The summed E-state index contributed by atoms with van der Waals surface area (Å²) in [5, 5.41) is 3.03. The average molecular weight is 431 g/mol. The van der Waals surface area contributed by atoms with E-state index in [0.717, 1.165) is 35.2 Å². The van der Waals surface area contributed by atoms with E-state index in [1.54, 1.807) is 17.0 Å². The molecule has 3 aromatic carbocycles. The van der Waals surface area contributed by atoms with E-state index in [1.807, 2.05) is 61.5 Å². The van der Waals surface area contributed by atoms with E-state index < -0.39 is 0 Å². The van der Waals surface area contributed by atoms with Gasteiger partial charge >= 0.3 is 0 Å². The number of rotatable bonds is 8. The third-order valence-corrected chi connectivity index (χ3v) is 5.74. The SMILES string of the molecule is C[C@@H](NC(=O)Cc1ccc(N(Cc2ccc(F)cc2)C(=O)C2CC2)cc1)c1ccccc1. The summed E-state index contributed by atoms with van der Waals surface area (Å²) in [6.07, 6.45) is 2.10. The highest BCUT2D eigenvalue weighted by Gasteiger charge is 2.34. The molecule has 0 aliphatic heterocycles. The molecule has 1 fully saturated rings. The van der Waals surface area contributed by atoms with Crippen molar-refractivity contribution in [3.63, 3.8) is 0 Å². The number of amides is 2. The molecule has 5 heteroatoms. The lowest BCUT2D eigenvalue weighted by Crippen LogP contribution is -2.31. The van der Waals surface area contributed by atoms with Gasteiger partial charge in [0.2, 0.25) is 11.8 Å². The summed E-state index contributed by atoms with van der Waals surface area (Å²) in [5.41, 5.74) is 3.60. The van der Waals surface area contributed by atoms with Gasteiger partial charge in [0.05, 0.1) is 19.0 Å². The summed E-state index contributed by atoms with van der Waals surface area (Å²) in [6, 6.07) is 23.6. The molecule has 0 saturated heterocycles. The van der Waals surface area contributed by atoms with Crippen molar-refractivity contribution in [3.8, 4) is 0 Å². The lowest BCUT2D eigenvalue weighted by atomic mass is 10.1. The van der Waals surface area contributed by atoms with E-state index >= 15 is 0 Å². The Morgan fingerprint density at radius 1 is 0.938 bits per heavy atom. The Kier molecular flexibility index (Phi) is 6.64. The number of carbonyl (C=O) groups excluding carboxylic acids is 2. The second-order valence-electron chi connectivity index (χ2n) is 8.37. The van der Waals surface area contributed by atoms with Gasteiger partial charge in [-0.05, 0) is 60.7 Å². The van der Waals surface area contributed by atoms with Crippen molar-refractivity contribution < 1.29 is 14.0 Å². The molecule has 3 aromatic rings. The van der Waals surface area contributed by atoms with Crippen molar-refractivity contribution in [1.82, 2.24) is 5.32 Å². The third-order valence-electron chi connectivity index (χ3n) is 5.74. The molecule has 1 aliphatic rings. The maximum Gasteiger partial charge on any atom is 0.230 e. The number of halogens is 1. The molecule has 1 saturated carbocycles. The zero-order chi connectivity index (χ0) is 22.5. The van der Waals surface area contributed by atoms with Crippen molar-refractivity contribution in [2.24, 2.45) is 5.92 Å². The van der Waals surface area contributed by atoms with Crippen LogP contribution in [0.2, 0.25) is 0 Å². The van der Waals surface area contributed by atoms with Crippen LogP contribution in [0.25, 0.3) is 0 Å². The molecule has 164 valence electrons. The van der Waals surface area contributed by atoms with Crippen molar-refractivity contribution in [3.05, 3.63) is 101 Å². The Balaban J connectivity index is 1.42. The second-order valence-corrected chi connectivity index (χ2v) is 8.37. The number of nitrogens with zero attached hydrogens (tertiary/aromatic N) is 1. The van der Waals surface area contributed by atoms with Crippen LogP contribution in [0.4, 0.5) is 10.1 Å². The molecule has 0 spiro atoms. The smallest absolute Gasteiger partial charge is 0.230 e. The quantitative estimate of drug-likeness (QED) is 0.535. The van der Waals surface area contributed by atoms with Crippen LogP contribution >= 0.6 is 0 Å². The number of anilines is 1. The molecule has 0 heterocycles. The molecule has 0 unspecified atom stereocenters. The highest BCUT2D eigenvalue weighted by molar-refractivity contribution is 5.96. The van der Waals surface area contributed by atoms with Crippen LogP contribution in [0.3, 0.4) is 0 Å². The van der Waals surface area contributed by atoms with E-state index in [-0.39, 0.29) is 36.0 Å². The maximum absolute atomic E-state index is 13.3. The molecule has 1 aliphatic carbocycles. The Bertz CT molecular complexity index is 1060. The molecule has 0 radical (unpaired) electrons. The minimum atomic E-state index is -0.293. The largest absolute Gasteiger partial charge is 0.349 e. The second kappa shape index (κ2) is 9.77. The molecule has 2 amide bonds. The zero-order valence-corrected chi connectivity index (χ0v) is 18.1. The summed E-state index contributed by atoms with van der Waals surface area (Å²) >= 11 is 0. The molecular weight excluding hydrogens is 403 g/mol. The predicted octanol–water partition coefficient (Wildman–Crippen LogP) is 5.19. The van der Waals surface area contributed by atoms with Crippen LogP contribution in [-0.4, -0.2) is 11.8 Å². The van der Waals surface area contributed by atoms with Gasteiger partial charge < -0.3 is 10.2 Å². The molecule has 32 heavy (non-hydrogen) atoms. The lowest BCUT2D eigenvalue weighted by Gasteiger charge is -2.23. The third kappa shape index (κ3) is 5.61. The number of carbonyl (C=O) groups is 2. The molecule has 0 bridgehead atoms. The first-order chi connectivity index (χ1) is 15.5. The van der Waals surface area contributed by atoms with Crippen molar-refractivity contribution in [2.45, 2.75) is 38.8 Å². The number of benzene rings is 3. The highest BCUT2D eigenvalue weighted by atomic mass is 19.1. The van der Waals surface area contributed by atoms with Gasteiger partial charge in [0.25, 0.3) is 0 Å². The van der Waals surface area contributed by atoms with Crippen molar-refractivity contribution in [1.29, 1.82) is 0 Å². The number of hydrogen-bond acceptors (Lipinski definition) is 2. The fraction of sp³-hybridized carbons (Fsp3) is 0.259. The standard InChI is InChI=1S/C27H27FN2O2/c1-19(22-5-3-2-4-6-22)29-26(31)17-20-9-15-25(16-10-20)30(27(32)23-11-12-23)18-21-7-13-24(28)14-8-21/h2-10,13-16,19,23H,11-12,17-18H2,1H3,(H,29,31)/t19-/m1/s1. The van der Waals surface area contributed by atoms with Crippen LogP contribution in [0.5, 0.6) is 0 Å². The first-order valence-corrected chi connectivity index (χ1v) is 11.0. The summed E-state index contributed by atoms with van der Waals surface area (Å²) in [5.74, 6) is -0.179. The van der Waals surface area contributed by atoms with Crippen LogP contribution in [-0.2, 0) is 22.6 Å².